The lowest BCUT2D eigenvalue weighted by atomic mass is 10.0. The molecule has 3 aromatic rings. The number of fused-ring (bicyclic) bond motifs is 2. The maximum Gasteiger partial charge on any atom is 0.268 e. The molecule has 1 N–H and O–H groups in total. The molecule has 1 atom stereocenters. The van der Waals surface area contributed by atoms with E-state index in [0.29, 0.717) is 17.9 Å². The number of hydrogen-bond donors (Lipinski definition) is 1. The lowest BCUT2D eigenvalue weighted by Crippen LogP contribution is -2.12. The average molecular weight is 369 g/mol. The average Bonchev–Trinajstić information content (AvgIpc) is 3.39. The molecule has 5 rings (SSSR count). The molecule has 2 aromatic heterocycles. The fourth-order valence-electron chi connectivity index (χ4n) is 3.89. The summed E-state index contributed by atoms with van der Waals surface area (Å²) >= 11 is 0. The second-order valence-corrected chi connectivity index (χ2v) is 8.63. The van der Waals surface area contributed by atoms with Crippen molar-refractivity contribution in [1.82, 2.24) is 14.3 Å². The quantitative estimate of drug-likeness (QED) is 0.767. The van der Waals surface area contributed by atoms with Crippen LogP contribution in [0.2, 0.25) is 0 Å². The molecule has 134 valence electrons. The fraction of sp³-hybridized carbons (Fsp3) is 0.316. The van der Waals surface area contributed by atoms with Crippen molar-refractivity contribution in [3.8, 4) is 5.75 Å². The second-order valence-electron chi connectivity index (χ2n) is 6.81. The van der Waals surface area contributed by atoms with E-state index >= 15 is 0 Å². The van der Waals surface area contributed by atoms with E-state index in [4.69, 9.17) is 4.74 Å². The zero-order valence-corrected chi connectivity index (χ0v) is 15.0. The zero-order valence-electron chi connectivity index (χ0n) is 14.2. The Bertz CT molecular complexity index is 1100. The van der Waals surface area contributed by atoms with Crippen molar-refractivity contribution in [1.29, 1.82) is 0 Å². The molecule has 1 saturated heterocycles. The number of nitrogens with one attached hydrogen (secondary N) is 1. The summed E-state index contributed by atoms with van der Waals surface area (Å²) in [7, 11) is -3.72. The number of ether oxygens (including phenoxy) is 1. The highest BCUT2D eigenvalue weighted by molar-refractivity contribution is 7.90. The van der Waals surface area contributed by atoms with Crippen LogP contribution in [0.15, 0.2) is 47.6 Å². The first kappa shape index (κ1) is 15.8. The number of benzene rings is 1. The molecule has 1 aromatic carbocycles. The predicted molar refractivity (Wildman–Crippen MR) is 98.2 cm³/mol. The van der Waals surface area contributed by atoms with Crippen molar-refractivity contribution in [2.24, 2.45) is 0 Å². The minimum Gasteiger partial charge on any atom is -0.493 e. The van der Waals surface area contributed by atoms with Crippen LogP contribution < -0.4 is 10.1 Å². The van der Waals surface area contributed by atoms with Crippen LogP contribution in [0.3, 0.4) is 0 Å². The van der Waals surface area contributed by atoms with Crippen LogP contribution in [-0.4, -0.2) is 37.1 Å². The summed E-state index contributed by atoms with van der Waals surface area (Å²) in [6.45, 7) is 2.40. The molecule has 0 radical (unpaired) electrons. The standard InChI is InChI=1S/C19H19N3O3S/c23-26(24,15-4-3-13-6-9-25-18(13)10-15)22-12-16(14-5-8-20-11-14)19-17(22)2-1-7-21-19/h1-4,7,10,12,14,20H,5-6,8-9,11H2. The van der Waals surface area contributed by atoms with Gasteiger partial charge in [0.25, 0.3) is 10.0 Å². The van der Waals surface area contributed by atoms with Crippen LogP contribution in [0.4, 0.5) is 0 Å². The SMILES string of the molecule is O=S(=O)(c1ccc2c(c1)OCC2)n1cc(C2CCNC2)c2ncccc21. The molecule has 2 aliphatic rings. The Morgan fingerprint density at radius 1 is 1.27 bits per heavy atom. The van der Waals surface area contributed by atoms with Gasteiger partial charge in [0.2, 0.25) is 0 Å². The molecular formula is C19H19N3O3S. The minimum absolute atomic E-state index is 0.245. The van der Waals surface area contributed by atoms with E-state index in [1.54, 1.807) is 30.6 Å². The molecule has 0 saturated carbocycles. The molecule has 1 fully saturated rings. The van der Waals surface area contributed by atoms with Crippen molar-refractivity contribution in [2.45, 2.75) is 23.7 Å². The molecule has 0 amide bonds. The molecule has 1 unspecified atom stereocenters. The van der Waals surface area contributed by atoms with Gasteiger partial charge >= 0.3 is 0 Å². The first-order valence-electron chi connectivity index (χ1n) is 8.82. The summed E-state index contributed by atoms with van der Waals surface area (Å²) < 4.78 is 33.6. The largest absolute Gasteiger partial charge is 0.493 e. The summed E-state index contributed by atoms with van der Waals surface area (Å²) in [6.07, 6.45) is 5.28. The van der Waals surface area contributed by atoms with Gasteiger partial charge in [0.15, 0.2) is 0 Å². The van der Waals surface area contributed by atoms with E-state index in [9.17, 15) is 8.42 Å². The molecule has 6 nitrogen and oxygen atoms in total. The van der Waals surface area contributed by atoms with Crippen LogP contribution in [0.25, 0.3) is 11.0 Å². The highest BCUT2D eigenvalue weighted by Gasteiger charge is 2.27. The van der Waals surface area contributed by atoms with Crippen LogP contribution >= 0.6 is 0 Å². The van der Waals surface area contributed by atoms with E-state index in [2.05, 4.69) is 10.3 Å². The van der Waals surface area contributed by atoms with Crippen molar-refractivity contribution in [2.75, 3.05) is 19.7 Å². The van der Waals surface area contributed by atoms with Crippen molar-refractivity contribution in [3.05, 3.63) is 53.9 Å². The van der Waals surface area contributed by atoms with Crippen LogP contribution in [-0.2, 0) is 16.4 Å². The van der Waals surface area contributed by atoms with Gasteiger partial charge < -0.3 is 10.1 Å². The molecule has 0 bridgehead atoms. The zero-order chi connectivity index (χ0) is 17.7. The molecule has 7 heteroatoms. The highest BCUT2D eigenvalue weighted by atomic mass is 32.2. The Balaban J connectivity index is 1.68. The molecule has 0 spiro atoms. The third-order valence-corrected chi connectivity index (χ3v) is 6.95. The van der Waals surface area contributed by atoms with Crippen LogP contribution in [0, 0.1) is 0 Å². The van der Waals surface area contributed by atoms with Gasteiger partial charge in [-0.15, -0.1) is 0 Å². The van der Waals surface area contributed by atoms with E-state index < -0.39 is 10.0 Å². The van der Waals surface area contributed by atoms with Crippen molar-refractivity contribution >= 4 is 21.1 Å². The van der Waals surface area contributed by atoms with Gasteiger partial charge in [-0.2, -0.15) is 0 Å². The van der Waals surface area contributed by atoms with Gasteiger partial charge in [0.1, 0.15) is 5.75 Å². The smallest absolute Gasteiger partial charge is 0.268 e. The lowest BCUT2D eigenvalue weighted by molar-refractivity contribution is 0.356. The number of rotatable bonds is 3. The van der Waals surface area contributed by atoms with Gasteiger partial charge in [-0.3, -0.25) is 4.98 Å². The van der Waals surface area contributed by atoms with Gasteiger partial charge in [-0.1, -0.05) is 6.07 Å². The van der Waals surface area contributed by atoms with E-state index in [0.717, 1.165) is 42.6 Å². The Hall–Kier alpha value is -2.38. The summed E-state index contributed by atoms with van der Waals surface area (Å²) in [5, 5.41) is 3.34. The predicted octanol–water partition coefficient (Wildman–Crippen LogP) is 2.29. The normalized spacial score (nSPS) is 19.6. The third-order valence-electron chi connectivity index (χ3n) is 5.28. The maximum atomic E-state index is 13.3. The Morgan fingerprint density at radius 2 is 2.19 bits per heavy atom. The van der Waals surface area contributed by atoms with Gasteiger partial charge in [0, 0.05) is 42.9 Å². The van der Waals surface area contributed by atoms with E-state index in [-0.39, 0.29) is 10.8 Å². The van der Waals surface area contributed by atoms with Gasteiger partial charge in [0.05, 0.1) is 22.5 Å². The first-order chi connectivity index (χ1) is 12.6. The first-order valence-corrected chi connectivity index (χ1v) is 10.3. The highest BCUT2D eigenvalue weighted by Crippen LogP contribution is 2.34. The summed E-state index contributed by atoms with van der Waals surface area (Å²) in [5.41, 5.74) is 3.44. The monoisotopic (exact) mass is 369 g/mol. The van der Waals surface area contributed by atoms with Gasteiger partial charge in [-0.05, 0) is 36.7 Å². The van der Waals surface area contributed by atoms with Crippen molar-refractivity contribution in [3.63, 3.8) is 0 Å². The number of nitrogens with zero attached hydrogens (tertiary/aromatic N) is 2. The van der Waals surface area contributed by atoms with E-state index in [1.165, 1.54) is 3.97 Å². The molecular weight excluding hydrogens is 350 g/mol. The Morgan fingerprint density at radius 3 is 3.04 bits per heavy atom. The third kappa shape index (κ3) is 2.34. The second kappa shape index (κ2) is 5.82. The fourth-order valence-corrected chi connectivity index (χ4v) is 5.27. The minimum atomic E-state index is -3.72. The Labute approximate surface area is 151 Å². The lowest BCUT2D eigenvalue weighted by Gasteiger charge is -2.09. The number of aromatic nitrogens is 2. The van der Waals surface area contributed by atoms with Gasteiger partial charge in [-0.25, -0.2) is 12.4 Å². The topological polar surface area (TPSA) is 73.2 Å². The van der Waals surface area contributed by atoms with Crippen molar-refractivity contribution < 1.29 is 13.2 Å². The molecule has 4 heterocycles. The molecule has 2 aliphatic heterocycles. The number of pyridine rings is 1. The summed E-state index contributed by atoms with van der Waals surface area (Å²) in [5.74, 6) is 0.952. The summed E-state index contributed by atoms with van der Waals surface area (Å²) in [6, 6.07) is 8.74. The number of hydrogen-bond acceptors (Lipinski definition) is 5. The van der Waals surface area contributed by atoms with Crippen LogP contribution in [0.5, 0.6) is 5.75 Å². The Kier molecular flexibility index (Phi) is 3.55. The molecule has 0 aliphatic carbocycles. The van der Waals surface area contributed by atoms with Crippen LogP contribution in [0.1, 0.15) is 23.5 Å². The maximum absolute atomic E-state index is 13.3. The van der Waals surface area contributed by atoms with E-state index in [1.807, 2.05) is 12.1 Å². The molecule has 26 heavy (non-hydrogen) atoms. The summed E-state index contributed by atoms with van der Waals surface area (Å²) in [4.78, 5) is 4.72.